The second-order valence-corrected chi connectivity index (χ2v) is 4.58. The molecule has 0 aliphatic rings. The van der Waals surface area contributed by atoms with Crippen LogP contribution in [0.2, 0.25) is 5.02 Å². The first-order valence-corrected chi connectivity index (χ1v) is 6.09. The lowest BCUT2D eigenvalue weighted by Gasteiger charge is -2.06. The van der Waals surface area contributed by atoms with Crippen molar-refractivity contribution in [1.82, 2.24) is 14.8 Å². The zero-order chi connectivity index (χ0) is 15.7. The largest absolute Gasteiger partial charge is 0.409 e. The van der Waals surface area contributed by atoms with E-state index < -0.39 is 4.92 Å². The van der Waals surface area contributed by atoms with Crippen LogP contribution in [0.25, 0.3) is 5.82 Å². The monoisotopic (exact) mass is 310 g/mol. The van der Waals surface area contributed by atoms with Gasteiger partial charge < -0.3 is 10.9 Å². The van der Waals surface area contributed by atoms with E-state index in [2.05, 4.69) is 15.2 Å². The standard InChI is InChI=1S/C11H11ClN6O3/c1-5-9(12)6(2)17(15-5)11-8(18(20)21)3-7(4-14-11)10(13)16-19/h3-4,19H,1-2H3,(H2,13,16). The van der Waals surface area contributed by atoms with Crippen LogP contribution < -0.4 is 5.73 Å². The highest BCUT2D eigenvalue weighted by molar-refractivity contribution is 6.31. The quantitative estimate of drug-likeness (QED) is 0.290. The first-order valence-electron chi connectivity index (χ1n) is 5.71. The van der Waals surface area contributed by atoms with Crippen molar-refractivity contribution in [3.05, 3.63) is 44.4 Å². The normalized spacial score (nSPS) is 11.7. The summed E-state index contributed by atoms with van der Waals surface area (Å²) in [7, 11) is 0. The Morgan fingerprint density at radius 3 is 2.71 bits per heavy atom. The van der Waals surface area contributed by atoms with Gasteiger partial charge in [0.05, 0.1) is 21.3 Å². The number of halogens is 1. The minimum Gasteiger partial charge on any atom is -0.409 e. The highest BCUT2D eigenvalue weighted by Crippen LogP contribution is 2.27. The molecule has 0 atom stereocenters. The molecule has 9 nitrogen and oxygen atoms in total. The summed E-state index contributed by atoms with van der Waals surface area (Å²) in [5.41, 5.74) is 6.26. The van der Waals surface area contributed by atoms with E-state index in [1.54, 1.807) is 13.8 Å². The number of nitrogens with zero attached hydrogens (tertiary/aromatic N) is 5. The van der Waals surface area contributed by atoms with Crippen molar-refractivity contribution in [3.63, 3.8) is 0 Å². The van der Waals surface area contributed by atoms with Crippen LogP contribution in [0.4, 0.5) is 5.69 Å². The molecule has 2 aromatic rings. The van der Waals surface area contributed by atoms with Crippen molar-refractivity contribution < 1.29 is 10.1 Å². The number of nitro groups is 1. The lowest BCUT2D eigenvalue weighted by Crippen LogP contribution is -2.15. The first kappa shape index (κ1) is 14.7. The Morgan fingerprint density at radius 1 is 1.57 bits per heavy atom. The van der Waals surface area contributed by atoms with E-state index in [0.29, 0.717) is 16.4 Å². The fourth-order valence-electron chi connectivity index (χ4n) is 1.77. The van der Waals surface area contributed by atoms with E-state index in [4.69, 9.17) is 22.5 Å². The number of pyridine rings is 1. The zero-order valence-electron chi connectivity index (χ0n) is 11.1. The van der Waals surface area contributed by atoms with Gasteiger partial charge >= 0.3 is 5.69 Å². The van der Waals surface area contributed by atoms with Crippen LogP contribution in [0, 0.1) is 24.0 Å². The Balaban J connectivity index is 2.69. The highest BCUT2D eigenvalue weighted by Gasteiger charge is 2.23. The second-order valence-electron chi connectivity index (χ2n) is 4.21. The van der Waals surface area contributed by atoms with Gasteiger partial charge in [-0.25, -0.2) is 9.67 Å². The molecule has 0 amide bonds. The van der Waals surface area contributed by atoms with Crippen LogP contribution in [0.15, 0.2) is 17.4 Å². The van der Waals surface area contributed by atoms with Crippen molar-refractivity contribution >= 4 is 23.1 Å². The number of rotatable bonds is 3. The lowest BCUT2D eigenvalue weighted by molar-refractivity contribution is -0.385. The molecule has 110 valence electrons. The van der Waals surface area contributed by atoms with Crippen molar-refractivity contribution in [2.24, 2.45) is 10.9 Å². The molecular weight excluding hydrogens is 300 g/mol. The Bertz CT molecular complexity index is 755. The molecule has 3 N–H and O–H groups in total. The van der Waals surface area contributed by atoms with Crippen LogP contribution in [-0.2, 0) is 0 Å². The number of aryl methyl sites for hydroxylation is 1. The molecule has 10 heteroatoms. The summed E-state index contributed by atoms with van der Waals surface area (Å²) in [6.45, 7) is 3.35. The average Bonchev–Trinajstić information content (AvgIpc) is 2.73. The predicted molar refractivity (Wildman–Crippen MR) is 75.0 cm³/mol. The zero-order valence-corrected chi connectivity index (χ0v) is 11.9. The van der Waals surface area contributed by atoms with Gasteiger partial charge in [0.1, 0.15) is 0 Å². The van der Waals surface area contributed by atoms with E-state index in [1.165, 1.54) is 10.9 Å². The molecule has 21 heavy (non-hydrogen) atoms. The van der Waals surface area contributed by atoms with Crippen LogP contribution in [0.3, 0.4) is 0 Å². The maximum Gasteiger partial charge on any atom is 0.314 e. The number of hydrogen-bond acceptors (Lipinski definition) is 6. The summed E-state index contributed by atoms with van der Waals surface area (Å²) >= 11 is 6.03. The molecule has 0 aromatic carbocycles. The van der Waals surface area contributed by atoms with Gasteiger partial charge in [0.2, 0.25) is 5.82 Å². The molecule has 0 unspecified atom stereocenters. The summed E-state index contributed by atoms with van der Waals surface area (Å²) in [6.07, 6.45) is 1.25. The van der Waals surface area contributed by atoms with Crippen LogP contribution >= 0.6 is 11.6 Å². The average molecular weight is 311 g/mol. The van der Waals surface area contributed by atoms with Crippen LogP contribution in [0.1, 0.15) is 17.0 Å². The van der Waals surface area contributed by atoms with Gasteiger partial charge in [-0.2, -0.15) is 5.10 Å². The van der Waals surface area contributed by atoms with Gasteiger partial charge in [0.15, 0.2) is 5.84 Å². The third kappa shape index (κ3) is 2.50. The molecule has 0 saturated carbocycles. The molecule has 0 aliphatic heterocycles. The summed E-state index contributed by atoms with van der Waals surface area (Å²) in [5, 5.41) is 27.1. The first-order chi connectivity index (χ1) is 9.86. The molecule has 0 bridgehead atoms. The minimum absolute atomic E-state index is 0.00184. The minimum atomic E-state index is -0.624. The van der Waals surface area contributed by atoms with Gasteiger partial charge in [0, 0.05) is 17.8 Å². The maximum atomic E-state index is 11.2. The third-order valence-corrected chi connectivity index (χ3v) is 3.40. The number of oxime groups is 1. The lowest BCUT2D eigenvalue weighted by atomic mass is 10.2. The highest BCUT2D eigenvalue weighted by atomic mass is 35.5. The topological polar surface area (TPSA) is 132 Å². The molecule has 2 heterocycles. The number of aromatic nitrogens is 3. The van der Waals surface area contributed by atoms with Crippen molar-refractivity contribution in [2.75, 3.05) is 0 Å². The molecule has 0 spiro atoms. The molecule has 2 aromatic heterocycles. The predicted octanol–water partition coefficient (Wildman–Crippen LogP) is 1.54. The van der Waals surface area contributed by atoms with E-state index >= 15 is 0 Å². The van der Waals surface area contributed by atoms with Crippen LogP contribution in [-0.4, -0.2) is 30.7 Å². The number of hydrogen-bond donors (Lipinski definition) is 2. The molecule has 2 rings (SSSR count). The van der Waals surface area contributed by atoms with Gasteiger partial charge in [-0.15, -0.1) is 0 Å². The molecular formula is C11H11ClN6O3. The van der Waals surface area contributed by atoms with Gasteiger partial charge in [-0.05, 0) is 13.8 Å². The molecule has 0 aliphatic carbocycles. The Morgan fingerprint density at radius 2 is 2.24 bits per heavy atom. The van der Waals surface area contributed by atoms with Crippen molar-refractivity contribution in [2.45, 2.75) is 13.8 Å². The fourth-order valence-corrected chi connectivity index (χ4v) is 1.89. The summed E-state index contributed by atoms with van der Waals surface area (Å²) in [5.74, 6) is -0.273. The van der Waals surface area contributed by atoms with E-state index in [1.807, 2.05) is 0 Å². The Kier molecular flexibility index (Phi) is 3.76. The number of amidine groups is 1. The Labute approximate surface area is 123 Å². The van der Waals surface area contributed by atoms with E-state index in [-0.39, 0.29) is 22.9 Å². The van der Waals surface area contributed by atoms with Crippen molar-refractivity contribution in [1.29, 1.82) is 0 Å². The van der Waals surface area contributed by atoms with Crippen LogP contribution in [0.5, 0.6) is 0 Å². The summed E-state index contributed by atoms with van der Waals surface area (Å²) < 4.78 is 1.28. The molecule has 0 saturated heterocycles. The van der Waals surface area contributed by atoms with Crippen molar-refractivity contribution in [3.8, 4) is 5.82 Å². The second kappa shape index (κ2) is 5.37. The molecule has 0 radical (unpaired) electrons. The van der Waals surface area contributed by atoms with E-state index in [9.17, 15) is 10.1 Å². The summed E-state index contributed by atoms with van der Waals surface area (Å²) in [6, 6.07) is 1.15. The molecule has 0 fully saturated rings. The SMILES string of the molecule is Cc1nn(-c2ncc(C(N)=NO)cc2[N+](=O)[O-])c(C)c1Cl. The number of nitrogens with two attached hydrogens (primary N) is 1. The third-order valence-electron chi connectivity index (χ3n) is 2.85. The Hall–Kier alpha value is -2.68. The summed E-state index contributed by atoms with van der Waals surface area (Å²) in [4.78, 5) is 14.6. The smallest absolute Gasteiger partial charge is 0.314 e. The van der Waals surface area contributed by atoms with Gasteiger partial charge in [-0.1, -0.05) is 16.8 Å². The van der Waals surface area contributed by atoms with Gasteiger partial charge in [0.25, 0.3) is 0 Å². The maximum absolute atomic E-state index is 11.2. The van der Waals surface area contributed by atoms with E-state index in [0.717, 1.165) is 6.07 Å². The van der Waals surface area contributed by atoms with Gasteiger partial charge in [-0.3, -0.25) is 10.1 Å². The fraction of sp³-hybridized carbons (Fsp3) is 0.182.